The standard InChI is InChI=1S/C23H24FN3O4S/c1-31-23(28)17-7-8-19(16-5-6-16)22(12-17)32(29,30)26-20-11-15(13-25)4-9-21(20)27-10-2-3-18(24)14-27/h4,7-9,11-12,16,18,26H,2-3,5-6,10,14H2,1H3/t18-/m1/s1. The number of hydrogen-bond acceptors (Lipinski definition) is 6. The van der Waals surface area contributed by atoms with Crippen molar-refractivity contribution in [2.75, 3.05) is 29.8 Å². The largest absolute Gasteiger partial charge is 0.465 e. The second-order valence-electron chi connectivity index (χ2n) is 8.15. The summed E-state index contributed by atoms with van der Waals surface area (Å²) in [4.78, 5) is 13.8. The quantitative estimate of drug-likeness (QED) is 0.659. The monoisotopic (exact) mass is 457 g/mol. The van der Waals surface area contributed by atoms with Gasteiger partial charge in [-0.05, 0) is 67.5 Å². The van der Waals surface area contributed by atoms with Crippen LogP contribution in [0.25, 0.3) is 0 Å². The predicted molar refractivity (Wildman–Crippen MR) is 118 cm³/mol. The van der Waals surface area contributed by atoms with Crippen LogP contribution in [0.1, 0.15) is 53.1 Å². The number of sulfonamides is 1. The zero-order valence-electron chi connectivity index (χ0n) is 17.7. The van der Waals surface area contributed by atoms with Gasteiger partial charge in [0, 0.05) is 13.1 Å². The van der Waals surface area contributed by atoms with Crippen LogP contribution in [0.2, 0.25) is 0 Å². The molecule has 2 fully saturated rings. The smallest absolute Gasteiger partial charge is 0.337 e. The van der Waals surface area contributed by atoms with Crippen LogP contribution in [0.3, 0.4) is 0 Å². The van der Waals surface area contributed by atoms with Crippen molar-refractivity contribution in [2.24, 2.45) is 0 Å². The molecule has 2 aliphatic rings. The molecule has 1 aliphatic heterocycles. The van der Waals surface area contributed by atoms with Crippen LogP contribution < -0.4 is 9.62 Å². The molecule has 0 radical (unpaired) electrons. The second kappa shape index (κ2) is 8.79. The number of esters is 1. The Labute approximate surface area is 186 Å². The lowest BCUT2D eigenvalue weighted by Crippen LogP contribution is -2.37. The average molecular weight is 458 g/mol. The summed E-state index contributed by atoms with van der Waals surface area (Å²) in [5, 5.41) is 9.32. The zero-order valence-corrected chi connectivity index (χ0v) is 18.5. The first-order chi connectivity index (χ1) is 15.3. The summed E-state index contributed by atoms with van der Waals surface area (Å²) in [6.45, 7) is 0.748. The van der Waals surface area contributed by atoms with Gasteiger partial charge in [-0.25, -0.2) is 17.6 Å². The van der Waals surface area contributed by atoms with E-state index in [4.69, 9.17) is 4.74 Å². The SMILES string of the molecule is COC(=O)c1ccc(C2CC2)c(S(=O)(=O)Nc2cc(C#N)ccc2N2CCC[C@@H](F)C2)c1. The molecular weight excluding hydrogens is 433 g/mol. The number of nitrogens with one attached hydrogen (secondary N) is 1. The number of nitriles is 1. The first kappa shape index (κ1) is 22.1. The summed E-state index contributed by atoms with van der Waals surface area (Å²) in [5.41, 5.74) is 1.80. The Kier molecular flexibility index (Phi) is 6.07. The van der Waals surface area contributed by atoms with Crippen LogP contribution >= 0.6 is 0 Å². The molecule has 9 heteroatoms. The van der Waals surface area contributed by atoms with Gasteiger partial charge in [-0.3, -0.25) is 4.72 Å². The van der Waals surface area contributed by atoms with Crippen molar-refractivity contribution in [1.82, 2.24) is 0 Å². The summed E-state index contributed by atoms with van der Waals surface area (Å²) in [6.07, 6.45) is 1.88. The highest BCUT2D eigenvalue weighted by Gasteiger charge is 2.32. The number of hydrogen-bond donors (Lipinski definition) is 1. The molecule has 1 aliphatic carbocycles. The van der Waals surface area contributed by atoms with E-state index in [1.165, 1.54) is 19.2 Å². The Morgan fingerprint density at radius 1 is 1.22 bits per heavy atom. The lowest BCUT2D eigenvalue weighted by atomic mass is 10.1. The van der Waals surface area contributed by atoms with E-state index in [2.05, 4.69) is 4.72 Å². The lowest BCUT2D eigenvalue weighted by molar-refractivity contribution is 0.0600. The number of methoxy groups -OCH3 is 1. The van der Waals surface area contributed by atoms with Crippen LogP contribution in [0, 0.1) is 11.3 Å². The Bertz CT molecular complexity index is 1190. The van der Waals surface area contributed by atoms with Gasteiger partial charge >= 0.3 is 5.97 Å². The molecule has 1 heterocycles. The minimum Gasteiger partial charge on any atom is -0.465 e. The van der Waals surface area contributed by atoms with E-state index in [1.54, 1.807) is 29.2 Å². The van der Waals surface area contributed by atoms with Crippen molar-refractivity contribution in [3.05, 3.63) is 53.1 Å². The Hall–Kier alpha value is -3.12. The van der Waals surface area contributed by atoms with E-state index in [0.29, 0.717) is 30.6 Å². The summed E-state index contributed by atoms with van der Waals surface area (Å²) in [5.74, 6) is -0.508. The second-order valence-corrected chi connectivity index (χ2v) is 9.80. The van der Waals surface area contributed by atoms with Gasteiger partial charge in [-0.1, -0.05) is 6.07 Å². The summed E-state index contributed by atoms with van der Waals surface area (Å²) in [6, 6.07) is 11.2. The number of benzene rings is 2. The van der Waals surface area contributed by atoms with Crippen LogP contribution in [0.15, 0.2) is 41.3 Å². The highest BCUT2D eigenvalue weighted by molar-refractivity contribution is 7.92. The first-order valence-corrected chi connectivity index (χ1v) is 12.0. The fourth-order valence-electron chi connectivity index (χ4n) is 4.05. The van der Waals surface area contributed by atoms with Crippen molar-refractivity contribution < 1.29 is 22.3 Å². The van der Waals surface area contributed by atoms with Gasteiger partial charge in [0.2, 0.25) is 0 Å². The number of piperidine rings is 1. The molecule has 32 heavy (non-hydrogen) atoms. The van der Waals surface area contributed by atoms with Gasteiger partial charge in [-0.15, -0.1) is 0 Å². The number of nitrogens with zero attached hydrogens (tertiary/aromatic N) is 2. The maximum atomic E-state index is 14.0. The third kappa shape index (κ3) is 4.55. The molecular formula is C23H24FN3O4S. The molecule has 0 spiro atoms. The van der Waals surface area contributed by atoms with Crippen molar-refractivity contribution in [2.45, 2.75) is 42.7 Å². The number of alkyl halides is 1. The van der Waals surface area contributed by atoms with E-state index in [9.17, 15) is 22.9 Å². The van der Waals surface area contributed by atoms with E-state index in [-0.39, 0.29) is 34.2 Å². The molecule has 2 aromatic rings. The van der Waals surface area contributed by atoms with Crippen molar-refractivity contribution in [3.8, 4) is 6.07 Å². The van der Waals surface area contributed by atoms with Gasteiger partial charge in [-0.2, -0.15) is 5.26 Å². The molecule has 0 bridgehead atoms. The van der Waals surface area contributed by atoms with Gasteiger partial charge in [0.25, 0.3) is 10.0 Å². The topological polar surface area (TPSA) is 99.5 Å². The summed E-state index contributed by atoms with van der Waals surface area (Å²) < 4.78 is 48.3. The van der Waals surface area contributed by atoms with Gasteiger partial charge in [0.05, 0.1) is 40.6 Å². The van der Waals surface area contributed by atoms with Gasteiger partial charge < -0.3 is 9.64 Å². The molecule has 1 N–H and O–H groups in total. The first-order valence-electron chi connectivity index (χ1n) is 10.5. The third-order valence-corrected chi connectivity index (χ3v) is 7.24. The average Bonchev–Trinajstić information content (AvgIpc) is 3.63. The van der Waals surface area contributed by atoms with Crippen molar-refractivity contribution >= 4 is 27.4 Å². The number of ether oxygens (including phenoxy) is 1. The molecule has 0 amide bonds. The predicted octanol–water partition coefficient (Wildman–Crippen LogP) is 3.96. The van der Waals surface area contributed by atoms with Gasteiger partial charge in [0.1, 0.15) is 6.17 Å². The molecule has 0 unspecified atom stereocenters. The highest BCUT2D eigenvalue weighted by atomic mass is 32.2. The van der Waals surface area contributed by atoms with E-state index in [1.807, 2.05) is 6.07 Å². The molecule has 1 saturated carbocycles. The maximum absolute atomic E-state index is 14.0. The molecule has 7 nitrogen and oxygen atoms in total. The Morgan fingerprint density at radius 3 is 2.66 bits per heavy atom. The number of rotatable bonds is 6. The number of halogens is 1. The van der Waals surface area contributed by atoms with E-state index >= 15 is 0 Å². The van der Waals surface area contributed by atoms with Gasteiger partial charge in [0.15, 0.2) is 0 Å². The lowest BCUT2D eigenvalue weighted by Gasteiger charge is -2.32. The molecule has 2 aromatic carbocycles. The molecule has 1 atom stereocenters. The number of anilines is 2. The summed E-state index contributed by atoms with van der Waals surface area (Å²) in [7, 11) is -2.86. The molecule has 0 aromatic heterocycles. The number of carbonyl (C=O) groups excluding carboxylic acids is 1. The van der Waals surface area contributed by atoms with Crippen LogP contribution in [-0.4, -0.2) is 40.8 Å². The molecule has 4 rings (SSSR count). The zero-order chi connectivity index (χ0) is 22.9. The minimum atomic E-state index is -4.10. The van der Waals surface area contributed by atoms with Crippen molar-refractivity contribution in [3.63, 3.8) is 0 Å². The fourth-order valence-corrected chi connectivity index (χ4v) is 5.44. The Morgan fingerprint density at radius 2 is 2.00 bits per heavy atom. The Balaban J connectivity index is 1.75. The minimum absolute atomic E-state index is 0.0122. The molecule has 1 saturated heterocycles. The fraction of sp³-hybridized carbons (Fsp3) is 0.391. The third-order valence-electron chi connectivity index (χ3n) is 5.82. The van der Waals surface area contributed by atoms with Crippen LogP contribution in [0.4, 0.5) is 15.8 Å². The van der Waals surface area contributed by atoms with Crippen molar-refractivity contribution in [1.29, 1.82) is 5.26 Å². The normalized spacial score (nSPS) is 18.7. The summed E-state index contributed by atoms with van der Waals surface area (Å²) >= 11 is 0. The van der Waals surface area contributed by atoms with E-state index < -0.39 is 22.2 Å². The van der Waals surface area contributed by atoms with Crippen LogP contribution in [-0.2, 0) is 14.8 Å². The maximum Gasteiger partial charge on any atom is 0.337 e. The highest BCUT2D eigenvalue weighted by Crippen LogP contribution is 2.43. The van der Waals surface area contributed by atoms with Crippen LogP contribution in [0.5, 0.6) is 0 Å². The number of carbonyl (C=O) groups is 1. The molecule has 168 valence electrons. The van der Waals surface area contributed by atoms with E-state index in [0.717, 1.165) is 12.8 Å².